The lowest BCUT2D eigenvalue weighted by molar-refractivity contribution is -0.138. The third-order valence-electron chi connectivity index (χ3n) is 2.50. The van der Waals surface area contributed by atoms with Crippen LogP contribution in [-0.2, 0) is 11.3 Å². The molecule has 0 atom stereocenters. The Balaban J connectivity index is 2.82. The molecular formula is C12H17NO4. The fourth-order valence-electron chi connectivity index (χ4n) is 1.57. The number of aromatic hydroxyl groups is 1. The number of carboxylic acids is 1. The molecule has 2 N–H and O–H groups in total. The van der Waals surface area contributed by atoms with Crippen LogP contribution in [0.25, 0.3) is 0 Å². The van der Waals surface area contributed by atoms with Gasteiger partial charge < -0.3 is 14.9 Å². The summed E-state index contributed by atoms with van der Waals surface area (Å²) < 4.78 is 5.00. The molecule has 0 aliphatic rings. The Morgan fingerprint density at radius 3 is 2.71 bits per heavy atom. The third kappa shape index (κ3) is 3.64. The molecule has 0 aliphatic carbocycles. The van der Waals surface area contributed by atoms with Crippen LogP contribution in [0.1, 0.15) is 12.5 Å². The molecule has 94 valence electrons. The lowest BCUT2D eigenvalue weighted by Gasteiger charge is -2.19. The van der Waals surface area contributed by atoms with Crippen molar-refractivity contribution >= 4 is 5.97 Å². The largest absolute Gasteiger partial charge is 0.504 e. The van der Waals surface area contributed by atoms with E-state index in [1.807, 2.05) is 6.92 Å². The summed E-state index contributed by atoms with van der Waals surface area (Å²) in [6.07, 6.45) is 0. The first-order valence-electron chi connectivity index (χ1n) is 5.37. The van der Waals surface area contributed by atoms with Crippen LogP contribution in [-0.4, -0.2) is 41.3 Å². The van der Waals surface area contributed by atoms with Crippen LogP contribution < -0.4 is 4.74 Å². The topological polar surface area (TPSA) is 70.0 Å². The summed E-state index contributed by atoms with van der Waals surface area (Å²) in [5, 5.41) is 18.6. The number of ether oxygens (including phenoxy) is 1. The summed E-state index contributed by atoms with van der Waals surface area (Å²) in [5.41, 5.74) is 0.660. The Bertz CT molecular complexity index is 392. The molecule has 0 unspecified atom stereocenters. The molecule has 0 spiro atoms. The van der Waals surface area contributed by atoms with Crippen molar-refractivity contribution in [1.82, 2.24) is 4.90 Å². The van der Waals surface area contributed by atoms with E-state index in [4.69, 9.17) is 9.84 Å². The van der Waals surface area contributed by atoms with E-state index in [1.165, 1.54) is 7.11 Å². The average Bonchev–Trinajstić information content (AvgIpc) is 2.30. The number of hydrogen-bond acceptors (Lipinski definition) is 4. The number of phenolic OH excluding ortho intramolecular Hbond substituents is 1. The summed E-state index contributed by atoms with van der Waals surface area (Å²) >= 11 is 0. The highest BCUT2D eigenvalue weighted by Gasteiger charge is 2.12. The SMILES string of the molecule is CCN(CC(=O)O)Cc1cccc(OC)c1O. The first-order chi connectivity index (χ1) is 8.08. The van der Waals surface area contributed by atoms with E-state index in [0.29, 0.717) is 24.4 Å². The molecule has 0 radical (unpaired) electrons. The molecule has 0 saturated carbocycles. The quantitative estimate of drug-likeness (QED) is 0.783. The minimum atomic E-state index is -0.880. The van der Waals surface area contributed by atoms with E-state index in [0.717, 1.165) is 0 Å². The van der Waals surface area contributed by atoms with Crippen LogP contribution >= 0.6 is 0 Å². The average molecular weight is 239 g/mol. The number of benzene rings is 1. The van der Waals surface area contributed by atoms with Gasteiger partial charge in [0.2, 0.25) is 0 Å². The maximum atomic E-state index is 10.6. The van der Waals surface area contributed by atoms with Crippen molar-refractivity contribution in [2.24, 2.45) is 0 Å². The number of phenols is 1. The minimum Gasteiger partial charge on any atom is -0.504 e. The summed E-state index contributed by atoms with van der Waals surface area (Å²) in [6, 6.07) is 5.18. The Hall–Kier alpha value is -1.75. The molecule has 0 aromatic heterocycles. The van der Waals surface area contributed by atoms with Gasteiger partial charge in [0.15, 0.2) is 11.5 Å². The van der Waals surface area contributed by atoms with E-state index in [1.54, 1.807) is 23.1 Å². The van der Waals surface area contributed by atoms with Crippen molar-refractivity contribution in [3.8, 4) is 11.5 Å². The second kappa shape index (κ2) is 6.10. The molecule has 1 aromatic rings. The molecule has 5 heteroatoms. The molecule has 0 amide bonds. The molecular weight excluding hydrogens is 222 g/mol. The van der Waals surface area contributed by atoms with Crippen LogP contribution in [0.4, 0.5) is 0 Å². The number of hydrogen-bond donors (Lipinski definition) is 2. The van der Waals surface area contributed by atoms with Gasteiger partial charge in [0.05, 0.1) is 13.7 Å². The Kier molecular flexibility index (Phi) is 4.78. The zero-order chi connectivity index (χ0) is 12.8. The second-order valence-electron chi connectivity index (χ2n) is 3.67. The Morgan fingerprint density at radius 2 is 2.18 bits per heavy atom. The summed E-state index contributed by atoms with van der Waals surface area (Å²) in [7, 11) is 1.48. The maximum Gasteiger partial charge on any atom is 0.317 e. The Labute approximate surface area is 100 Å². The molecule has 17 heavy (non-hydrogen) atoms. The van der Waals surface area contributed by atoms with E-state index >= 15 is 0 Å². The van der Waals surface area contributed by atoms with Gasteiger partial charge in [0, 0.05) is 12.1 Å². The van der Waals surface area contributed by atoms with Crippen LogP contribution in [0, 0.1) is 0 Å². The van der Waals surface area contributed by atoms with Crippen LogP contribution in [0.3, 0.4) is 0 Å². The van der Waals surface area contributed by atoms with Crippen molar-refractivity contribution in [3.05, 3.63) is 23.8 Å². The zero-order valence-corrected chi connectivity index (χ0v) is 10.0. The van der Waals surface area contributed by atoms with Gasteiger partial charge in [-0.15, -0.1) is 0 Å². The maximum absolute atomic E-state index is 10.6. The highest BCUT2D eigenvalue weighted by atomic mass is 16.5. The van der Waals surface area contributed by atoms with Crippen molar-refractivity contribution in [1.29, 1.82) is 0 Å². The molecule has 0 heterocycles. The van der Waals surface area contributed by atoms with E-state index in [-0.39, 0.29) is 12.3 Å². The summed E-state index contributed by atoms with van der Waals surface area (Å²) in [5.74, 6) is -0.415. The predicted molar refractivity (Wildman–Crippen MR) is 63.2 cm³/mol. The third-order valence-corrected chi connectivity index (χ3v) is 2.50. The van der Waals surface area contributed by atoms with Gasteiger partial charge in [-0.3, -0.25) is 9.69 Å². The molecule has 1 aromatic carbocycles. The van der Waals surface area contributed by atoms with Gasteiger partial charge in [-0.2, -0.15) is 0 Å². The lowest BCUT2D eigenvalue weighted by atomic mass is 10.1. The number of nitrogens with zero attached hydrogens (tertiary/aromatic N) is 1. The van der Waals surface area contributed by atoms with Gasteiger partial charge in [0.1, 0.15) is 0 Å². The summed E-state index contributed by atoms with van der Waals surface area (Å²) in [6.45, 7) is 2.81. The Morgan fingerprint density at radius 1 is 1.47 bits per heavy atom. The van der Waals surface area contributed by atoms with E-state index in [2.05, 4.69) is 0 Å². The van der Waals surface area contributed by atoms with Gasteiger partial charge in [0.25, 0.3) is 0 Å². The monoisotopic (exact) mass is 239 g/mol. The van der Waals surface area contributed by atoms with Crippen LogP contribution in [0.15, 0.2) is 18.2 Å². The van der Waals surface area contributed by atoms with Crippen LogP contribution in [0.5, 0.6) is 11.5 Å². The highest BCUT2D eigenvalue weighted by Crippen LogP contribution is 2.30. The van der Waals surface area contributed by atoms with Gasteiger partial charge in [-0.1, -0.05) is 19.1 Å². The summed E-state index contributed by atoms with van der Waals surface area (Å²) in [4.78, 5) is 12.4. The van der Waals surface area contributed by atoms with E-state index < -0.39 is 5.97 Å². The van der Waals surface area contributed by atoms with Gasteiger partial charge in [-0.05, 0) is 12.6 Å². The van der Waals surface area contributed by atoms with Gasteiger partial charge >= 0.3 is 5.97 Å². The lowest BCUT2D eigenvalue weighted by Crippen LogP contribution is -2.29. The van der Waals surface area contributed by atoms with Crippen molar-refractivity contribution < 1.29 is 19.7 Å². The van der Waals surface area contributed by atoms with Crippen molar-refractivity contribution in [2.75, 3.05) is 20.2 Å². The zero-order valence-electron chi connectivity index (χ0n) is 10.0. The fourth-order valence-corrected chi connectivity index (χ4v) is 1.57. The smallest absolute Gasteiger partial charge is 0.317 e. The van der Waals surface area contributed by atoms with Crippen LogP contribution in [0.2, 0.25) is 0 Å². The fraction of sp³-hybridized carbons (Fsp3) is 0.417. The first-order valence-corrected chi connectivity index (χ1v) is 5.37. The minimum absolute atomic E-state index is 0.0485. The second-order valence-corrected chi connectivity index (χ2v) is 3.67. The molecule has 0 bridgehead atoms. The van der Waals surface area contributed by atoms with Gasteiger partial charge in [-0.25, -0.2) is 0 Å². The first kappa shape index (κ1) is 13.3. The number of carbonyl (C=O) groups is 1. The molecule has 0 fully saturated rings. The highest BCUT2D eigenvalue weighted by molar-refractivity contribution is 5.69. The number of rotatable bonds is 6. The standard InChI is InChI=1S/C12H17NO4/c1-3-13(8-11(14)15)7-9-5-4-6-10(17-2)12(9)16/h4-6,16H,3,7-8H2,1-2H3,(H,14,15). The number of para-hydroxylation sites is 1. The normalized spacial score (nSPS) is 10.5. The van der Waals surface area contributed by atoms with Crippen molar-refractivity contribution in [2.45, 2.75) is 13.5 Å². The number of aliphatic carboxylic acids is 1. The number of methoxy groups -OCH3 is 1. The molecule has 1 rings (SSSR count). The van der Waals surface area contributed by atoms with E-state index in [9.17, 15) is 9.90 Å². The molecule has 0 aliphatic heterocycles. The van der Waals surface area contributed by atoms with Crippen molar-refractivity contribution in [3.63, 3.8) is 0 Å². The molecule has 5 nitrogen and oxygen atoms in total. The number of likely N-dealkylation sites (N-methyl/N-ethyl adjacent to an activating group) is 1. The molecule has 0 saturated heterocycles. The predicted octanol–water partition coefficient (Wildman–Crippen LogP) is 1.31. The number of carboxylic acid groups (broad SMARTS) is 1.